The molecule has 0 bridgehead atoms. The molecule has 0 radical (unpaired) electrons. The van der Waals surface area contributed by atoms with Crippen molar-refractivity contribution in [1.82, 2.24) is 24.4 Å². The second kappa shape index (κ2) is 9.12. The molecule has 11 heteroatoms. The largest absolute Gasteiger partial charge is 0.492 e. The topological polar surface area (TPSA) is 127 Å². The molecule has 35 heavy (non-hydrogen) atoms. The summed E-state index contributed by atoms with van der Waals surface area (Å²) < 4.78 is 13.4. The number of nitrogens with zero attached hydrogens (tertiary/aromatic N) is 4. The van der Waals surface area contributed by atoms with Gasteiger partial charge < -0.3 is 24.8 Å². The Bertz CT molecular complexity index is 1240. The molecule has 1 saturated heterocycles. The van der Waals surface area contributed by atoms with E-state index >= 15 is 0 Å². The normalized spacial score (nSPS) is 21.5. The molecule has 2 saturated carbocycles. The second-order valence-electron chi connectivity index (χ2n) is 10.0. The molecule has 188 valence electrons. The third-order valence-electron chi connectivity index (χ3n) is 6.97. The average Bonchev–Trinajstić information content (AvgIpc) is 3.75. The maximum Gasteiger partial charge on any atom is 0.270 e. The molecule has 1 unspecified atom stereocenters. The molecule has 3 fully saturated rings. The molecule has 2 aliphatic carbocycles. The lowest BCUT2D eigenvalue weighted by Gasteiger charge is -2.34. The van der Waals surface area contributed by atoms with E-state index < -0.39 is 17.3 Å². The lowest BCUT2D eigenvalue weighted by atomic mass is 10.1. The van der Waals surface area contributed by atoms with E-state index in [0.717, 1.165) is 25.7 Å². The maximum atomic E-state index is 13.5. The fourth-order valence-electron chi connectivity index (χ4n) is 4.45. The molecule has 0 spiro atoms. The highest BCUT2D eigenvalue weighted by molar-refractivity contribution is 5.97. The Hall–Kier alpha value is -3.18. The van der Waals surface area contributed by atoms with E-state index in [0.29, 0.717) is 44.1 Å². The average molecular weight is 486 g/mol. The zero-order valence-corrected chi connectivity index (χ0v) is 20.0. The first-order valence-electron chi connectivity index (χ1n) is 12.0. The second-order valence-corrected chi connectivity index (χ2v) is 10.0. The van der Waals surface area contributed by atoms with E-state index in [-0.39, 0.29) is 29.0 Å². The van der Waals surface area contributed by atoms with Crippen molar-refractivity contribution < 1.29 is 24.2 Å². The van der Waals surface area contributed by atoms with Gasteiger partial charge in [-0.1, -0.05) is 6.92 Å². The van der Waals surface area contributed by atoms with Gasteiger partial charge in [0.05, 0.1) is 32.1 Å². The number of methoxy groups -OCH3 is 1. The van der Waals surface area contributed by atoms with Crippen LogP contribution in [0.2, 0.25) is 0 Å². The van der Waals surface area contributed by atoms with Crippen LogP contribution in [0.25, 0.3) is 11.7 Å². The van der Waals surface area contributed by atoms with Gasteiger partial charge in [-0.2, -0.15) is 9.61 Å². The van der Waals surface area contributed by atoms with Crippen LogP contribution < -0.4 is 10.9 Å². The molecule has 2 amide bonds. The predicted molar refractivity (Wildman–Crippen MR) is 126 cm³/mol. The van der Waals surface area contributed by atoms with Gasteiger partial charge in [-0.15, -0.1) is 0 Å². The number of amides is 2. The fraction of sp³-hybridized carbons (Fsp3) is 0.583. The Labute approximate surface area is 202 Å². The van der Waals surface area contributed by atoms with Gasteiger partial charge in [0.2, 0.25) is 11.8 Å². The van der Waals surface area contributed by atoms with Crippen LogP contribution in [-0.4, -0.2) is 81.6 Å². The number of carbonyl (C=O) groups excluding carboxylic acids is 2. The lowest BCUT2D eigenvalue weighted by Crippen LogP contribution is -2.50. The molecule has 5 rings (SSSR count). The van der Waals surface area contributed by atoms with Crippen molar-refractivity contribution in [3.8, 4) is 5.88 Å². The van der Waals surface area contributed by atoms with Gasteiger partial charge in [-0.25, -0.2) is 0 Å². The quantitative estimate of drug-likeness (QED) is 0.529. The van der Waals surface area contributed by atoms with Crippen molar-refractivity contribution in [1.29, 1.82) is 0 Å². The predicted octanol–water partition coefficient (Wildman–Crippen LogP) is 0.781. The standard InChI is InChI=1S/C24H31N5O6/c1-24(7-8-24)14-28-21-15(3-6-18(30)27-9-10-35-13-17(27)12-34-2)11-25-29(21)23(33)19(22(28)32)20(31)26-16-4-5-16/h3,6,11,16-17,33H,4-5,7-10,12-14H2,1-2H3,(H,26,31). The number of morpholine rings is 1. The molecule has 1 aliphatic heterocycles. The summed E-state index contributed by atoms with van der Waals surface area (Å²) in [5.41, 5.74) is -0.0766. The smallest absolute Gasteiger partial charge is 0.270 e. The molecule has 3 aliphatic rings. The van der Waals surface area contributed by atoms with Crippen LogP contribution in [0.5, 0.6) is 5.88 Å². The third kappa shape index (κ3) is 4.70. The van der Waals surface area contributed by atoms with Crippen molar-refractivity contribution in [3.63, 3.8) is 0 Å². The molecular weight excluding hydrogens is 454 g/mol. The monoisotopic (exact) mass is 485 g/mol. The highest BCUT2D eigenvalue weighted by atomic mass is 16.5. The number of nitrogens with one attached hydrogen (secondary N) is 1. The summed E-state index contributed by atoms with van der Waals surface area (Å²) in [5.74, 6) is -1.30. The van der Waals surface area contributed by atoms with Crippen LogP contribution in [0, 0.1) is 5.41 Å². The summed E-state index contributed by atoms with van der Waals surface area (Å²) in [7, 11) is 1.58. The van der Waals surface area contributed by atoms with Gasteiger partial charge in [-0.05, 0) is 37.2 Å². The zero-order valence-electron chi connectivity index (χ0n) is 20.0. The van der Waals surface area contributed by atoms with Crippen LogP contribution in [0.1, 0.15) is 48.5 Å². The Morgan fingerprint density at radius 2 is 2.14 bits per heavy atom. The zero-order chi connectivity index (χ0) is 24.7. The molecule has 3 heterocycles. The van der Waals surface area contributed by atoms with Crippen LogP contribution in [0.15, 0.2) is 17.1 Å². The highest BCUT2D eigenvalue weighted by Gasteiger charge is 2.39. The number of aromatic nitrogens is 3. The molecule has 2 aromatic heterocycles. The minimum Gasteiger partial charge on any atom is -0.492 e. The first-order valence-corrected chi connectivity index (χ1v) is 12.0. The minimum atomic E-state index is -0.592. The van der Waals surface area contributed by atoms with Crippen molar-refractivity contribution in [3.05, 3.63) is 33.8 Å². The third-order valence-corrected chi connectivity index (χ3v) is 6.97. The summed E-state index contributed by atoms with van der Waals surface area (Å²) in [6.45, 7) is 4.15. The Kier molecular flexibility index (Phi) is 6.14. The lowest BCUT2D eigenvalue weighted by molar-refractivity contribution is -0.136. The van der Waals surface area contributed by atoms with Crippen LogP contribution in [0.3, 0.4) is 0 Å². The molecule has 2 N–H and O–H groups in total. The van der Waals surface area contributed by atoms with Crippen LogP contribution >= 0.6 is 0 Å². The van der Waals surface area contributed by atoms with Gasteiger partial charge in [0.1, 0.15) is 5.65 Å². The summed E-state index contributed by atoms with van der Waals surface area (Å²) in [4.78, 5) is 40.9. The fourth-order valence-corrected chi connectivity index (χ4v) is 4.45. The first-order chi connectivity index (χ1) is 16.8. The van der Waals surface area contributed by atoms with E-state index in [9.17, 15) is 19.5 Å². The van der Waals surface area contributed by atoms with E-state index in [4.69, 9.17) is 9.47 Å². The van der Waals surface area contributed by atoms with Crippen molar-refractivity contribution >= 4 is 23.5 Å². The minimum absolute atomic E-state index is 0.0376. The summed E-state index contributed by atoms with van der Waals surface area (Å²) in [5, 5.41) is 17.9. The summed E-state index contributed by atoms with van der Waals surface area (Å²) >= 11 is 0. The van der Waals surface area contributed by atoms with Crippen molar-refractivity contribution in [2.24, 2.45) is 5.41 Å². The summed E-state index contributed by atoms with van der Waals surface area (Å²) in [6.07, 6.45) is 8.17. The molecule has 11 nitrogen and oxygen atoms in total. The van der Waals surface area contributed by atoms with E-state index in [1.54, 1.807) is 18.1 Å². The van der Waals surface area contributed by atoms with Crippen molar-refractivity contribution in [2.75, 3.05) is 33.5 Å². The maximum absolute atomic E-state index is 13.5. The van der Waals surface area contributed by atoms with Crippen molar-refractivity contribution in [2.45, 2.75) is 51.2 Å². The number of carbonyl (C=O) groups is 2. The molecule has 2 aromatic rings. The SMILES string of the molecule is COCC1COCCN1C(=O)C=Cc1cnn2c(O)c(C(=O)NC3CC3)c(=O)n(CC3(C)CC3)c12. The number of fused-ring (bicyclic) bond motifs is 1. The van der Waals surface area contributed by atoms with Gasteiger partial charge in [0.25, 0.3) is 11.5 Å². The van der Waals surface area contributed by atoms with Gasteiger partial charge in [-0.3, -0.25) is 19.0 Å². The van der Waals surface area contributed by atoms with Gasteiger partial charge >= 0.3 is 0 Å². The molecular formula is C24H31N5O6. The Morgan fingerprint density at radius 3 is 2.83 bits per heavy atom. The number of hydrogen-bond acceptors (Lipinski definition) is 7. The Morgan fingerprint density at radius 1 is 1.37 bits per heavy atom. The van der Waals surface area contributed by atoms with Crippen LogP contribution in [0.4, 0.5) is 0 Å². The number of ether oxygens (including phenoxy) is 2. The Balaban J connectivity index is 1.52. The van der Waals surface area contributed by atoms with E-state index in [1.807, 2.05) is 0 Å². The highest BCUT2D eigenvalue weighted by Crippen LogP contribution is 2.46. The van der Waals surface area contributed by atoms with Gasteiger partial charge in [0, 0.05) is 37.9 Å². The number of hydrogen-bond donors (Lipinski definition) is 2. The van der Waals surface area contributed by atoms with E-state index in [2.05, 4.69) is 17.3 Å². The van der Waals surface area contributed by atoms with E-state index in [1.165, 1.54) is 21.4 Å². The molecule has 0 aromatic carbocycles. The summed E-state index contributed by atoms with van der Waals surface area (Å²) in [6, 6.07) is -0.143. The van der Waals surface area contributed by atoms with Crippen LogP contribution in [-0.2, 0) is 20.8 Å². The first kappa shape index (κ1) is 23.6. The number of aromatic hydroxyl groups is 1. The number of rotatable bonds is 8. The molecule has 1 atom stereocenters. The van der Waals surface area contributed by atoms with Gasteiger partial charge in [0.15, 0.2) is 5.56 Å².